The molecular weight excluding hydrogens is 470 g/mol. The summed E-state index contributed by atoms with van der Waals surface area (Å²) >= 11 is 0. The standard InChI is InChI=1S/C25H22F2N6O3/c1-32-11-18(24(27)31-32)17-3-2-4-19(26)22(17)23-20(10-28)33-8-7-14(9-21(33)30-23)25(35)29-15-5-6-16(12-34)36-13-15/h2-4,7-9,11,15-16,34H,5-6,12-13H2,1H3,(H,29,35)/t15-,16-/m0/s1. The molecule has 1 fully saturated rings. The number of amides is 1. The molecule has 1 amide bonds. The van der Waals surface area contributed by atoms with Gasteiger partial charge in [-0.1, -0.05) is 12.1 Å². The highest BCUT2D eigenvalue weighted by atomic mass is 19.1. The van der Waals surface area contributed by atoms with E-state index in [0.29, 0.717) is 25.0 Å². The minimum absolute atomic E-state index is 0.0298. The van der Waals surface area contributed by atoms with Gasteiger partial charge >= 0.3 is 0 Å². The summed E-state index contributed by atoms with van der Waals surface area (Å²) in [6.07, 6.45) is 4.04. The molecule has 1 saturated heterocycles. The van der Waals surface area contributed by atoms with Crippen LogP contribution in [0.3, 0.4) is 0 Å². The van der Waals surface area contributed by atoms with Gasteiger partial charge in [0.1, 0.15) is 23.2 Å². The second kappa shape index (κ2) is 9.49. The van der Waals surface area contributed by atoms with Crippen LogP contribution >= 0.6 is 0 Å². The summed E-state index contributed by atoms with van der Waals surface area (Å²) in [7, 11) is 1.55. The highest BCUT2D eigenvalue weighted by molar-refractivity contribution is 5.95. The third kappa shape index (κ3) is 4.21. The number of pyridine rings is 1. The number of aryl methyl sites for hydroxylation is 1. The predicted octanol–water partition coefficient (Wildman–Crippen LogP) is 2.82. The first kappa shape index (κ1) is 23.6. The molecule has 0 aliphatic carbocycles. The van der Waals surface area contributed by atoms with Crippen LogP contribution in [0.4, 0.5) is 8.78 Å². The number of rotatable bonds is 5. The van der Waals surface area contributed by atoms with E-state index in [1.54, 1.807) is 7.05 Å². The Bertz CT molecular complexity index is 1500. The Morgan fingerprint density at radius 2 is 2.14 bits per heavy atom. The first-order valence-electron chi connectivity index (χ1n) is 11.3. The molecule has 11 heteroatoms. The van der Waals surface area contributed by atoms with Gasteiger partial charge in [0.05, 0.1) is 30.9 Å². The number of aliphatic hydroxyl groups is 1. The van der Waals surface area contributed by atoms with Crippen molar-refractivity contribution in [3.63, 3.8) is 0 Å². The quantitative estimate of drug-likeness (QED) is 0.443. The number of ether oxygens (including phenoxy) is 1. The lowest BCUT2D eigenvalue weighted by atomic mass is 9.98. The second-order valence-corrected chi connectivity index (χ2v) is 8.62. The van der Waals surface area contributed by atoms with Crippen LogP contribution in [0.15, 0.2) is 42.7 Å². The number of benzene rings is 1. The molecule has 0 bridgehead atoms. The van der Waals surface area contributed by atoms with E-state index < -0.39 is 11.8 Å². The fraction of sp³-hybridized carbons (Fsp3) is 0.280. The zero-order chi connectivity index (χ0) is 25.4. The fourth-order valence-corrected chi connectivity index (χ4v) is 4.43. The number of carbonyl (C=O) groups is 1. The van der Waals surface area contributed by atoms with Crippen molar-refractivity contribution in [1.82, 2.24) is 24.5 Å². The van der Waals surface area contributed by atoms with Crippen LogP contribution in [0.5, 0.6) is 0 Å². The van der Waals surface area contributed by atoms with Crippen molar-refractivity contribution in [1.29, 1.82) is 5.26 Å². The van der Waals surface area contributed by atoms with Crippen molar-refractivity contribution in [3.05, 3.63) is 65.7 Å². The van der Waals surface area contributed by atoms with Crippen molar-refractivity contribution >= 4 is 11.6 Å². The molecule has 184 valence electrons. The third-order valence-electron chi connectivity index (χ3n) is 6.23. The summed E-state index contributed by atoms with van der Waals surface area (Å²) in [5.74, 6) is -1.80. The first-order chi connectivity index (χ1) is 17.4. The number of halogens is 2. The second-order valence-electron chi connectivity index (χ2n) is 8.62. The van der Waals surface area contributed by atoms with E-state index in [9.17, 15) is 19.6 Å². The fourth-order valence-electron chi connectivity index (χ4n) is 4.43. The van der Waals surface area contributed by atoms with Gasteiger partial charge < -0.3 is 15.2 Å². The first-order valence-corrected chi connectivity index (χ1v) is 11.3. The van der Waals surface area contributed by atoms with Crippen molar-refractivity contribution in [2.45, 2.75) is 25.0 Å². The number of imidazole rings is 1. The highest BCUT2D eigenvalue weighted by Gasteiger charge is 2.25. The number of hydrogen-bond donors (Lipinski definition) is 2. The zero-order valence-electron chi connectivity index (χ0n) is 19.3. The van der Waals surface area contributed by atoms with E-state index in [1.165, 1.54) is 51.8 Å². The number of nitrogens with zero attached hydrogens (tertiary/aromatic N) is 5. The average Bonchev–Trinajstić information content (AvgIpc) is 3.41. The summed E-state index contributed by atoms with van der Waals surface area (Å²) in [5, 5.41) is 25.7. The SMILES string of the molecule is Cn1cc(-c2cccc(F)c2-c2nc3cc(C(=O)N[C@H]4CC[C@@H](CO)OC4)ccn3c2C#N)c(F)n1. The van der Waals surface area contributed by atoms with Crippen LogP contribution in [-0.2, 0) is 11.8 Å². The maximum atomic E-state index is 15.1. The Morgan fingerprint density at radius 1 is 1.31 bits per heavy atom. The molecule has 4 aromatic rings. The number of aliphatic hydroxyl groups excluding tert-OH is 1. The van der Waals surface area contributed by atoms with Gasteiger partial charge in [-0.25, -0.2) is 9.37 Å². The molecule has 1 aromatic carbocycles. The highest BCUT2D eigenvalue weighted by Crippen LogP contribution is 2.36. The van der Waals surface area contributed by atoms with E-state index >= 15 is 4.39 Å². The zero-order valence-corrected chi connectivity index (χ0v) is 19.3. The van der Waals surface area contributed by atoms with Crippen LogP contribution < -0.4 is 5.32 Å². The van der Waals surface area contributed by atoms with E-state index in [4.69, 9.17) is 4.74 Å². The lowest BCUT2D eigenvalue weighted by Crippen LogP contribution is -2.43. The van der Waals surface area contributed by atoms with Gasteiger partial charge in [0.25, 0.3) is 5.91 Å². The Kier molecular flexibility index (Phi) is 6.22. The summed E-state index contributed by atoms with van der Waals surface area (Å²) in [5.41, 5.74) is 0.886. The smallest absolute Gasteiger partial charge is 0.251 e. The maximum absolute atomic E-state index is 15.1. The lowest BCUT2D eigenvalue weighted by Gasteiger charge is -2.28. The van der Waals surface area contributed by atoms with Gasteiger partial charge in [-0.15, -0.1) is 5.10 Å². The van der Waals surface area contributed by atoms with Gasteiger partial charge in [0.15, 0.2) is 5.69 Å². The van der Waals surface area contributed by atoms with Gasteiger partial charge in [-0.05, 0) is 31.0 Å². The predicted molar refractivity (Wildman–Crippen MR) is 125 cm³/mol. The van der Waals surface area contributed by atoms with Crippen LogP contribution in [0.25, 0.3) is 28.0 Å². The molecule has 1 aliphatic rings. The molecule has 0 unspecified atom stereocenters. The molecule has 0 radical (unpaired) electrons. The van der Waals surface area contributed by atoms with E-state index in [1.807, 2.05) is 6.07 Å². The number of nitriles is 1. The van der Waals surface area contributed by atoms with Crippen molar-refractivity contribution in [2.24, 2.45) is 7.05 Å². The van der Waals surface area contributed by atoms with Gasteiger partial charge in [-0.3, -0.25) is 13.9 Å². The van der Waals surface area contributed by atoms with Crippen LogP contribution in [0.2, 0.25) is 0 Å². The minimum Gasteiger partial charge on any atom is -0.394 e. The lowest BCUT2D eigenvalue weighted by molar-refractivity contribution is -0.0305. The summed E-state index contributed by atoms with van der Waals surface area (Å²) in [6, 6.07) is 9.09. The monoisotopic (exact) mass is 492 g/mol. The summed E-state index contributed by atoms with van der Waals surface area (Å²) < 4.78 is 37.8. The molecule has 1 aliphatic heterocycles. The molecule has 0 saturated carbocycles. The van der Waals surface area contributed by atoms with E-state index in [-0.39, 0.29) is 58.4 Å². The number of fused-ring (bicyclic) bond motifs is 1. The molecular formula is C25H22F2N6O3. The van der Waals surface area contributed by atoms with Crippen LogP contribution in [-0.4, -0.2) is 55.5 Å². The van der Waals surface area contributed by atoms with Crippen molar-refractivity contribution < 1.29 is 23.4 Å². The Morgan fingerprint density at radius 3 is 2.81 bits per heavy atom. The molecule has 0 spiro atoms. The average molecular weight is 492 g/mol. The largest absolute Gasteiger partial charge is 0.394 e. The number of carbonyl (C=O) groups excluding carboxylic acids is 1. The van der Waals surface area contributed by atoms with Gasteiger partial charge in [-0.2, -0.15) is 9.65 Å². The molecule has 9 nitrogen and oxygen atoms in total. The number of aromatic nitrogens is 4. The molecule has 5 rings (SSSR count). The van der Waals surface area contributed by atoms with Crippen LogP contribution in [0.1, 0.15) is 28.9 Å². The van der Waals surface area contributed by atoms with Crippen LogP contribution in [0, 0.1) is 23.1 Å². The number of hydrogen-bond acceptors (Lipinski definition) is 6. The molecule has 2 N–H and O–H groups in total. The Labute approximate surface area is 204 Å². The molecule has 2 atom stereocenters. The Hall–Kier alpha value is -4.14. The molecule has 36 heavy (non-hydrogen) atoms. The van der Waals surface area contributed by atoms with E-state index in [2.05, 4.69) is 15.4 Å². The van der Waals surface area contributed by atoms with E-state index in [0.717, 1.165) is 0 Å². The van der Waals surface area contributed by atoms with Gasteiger partial charge in [0.2, 0.25) is 5.95 Å². The summed E-state index contributed by atoms with van der Waals surface area (Å²) in [6.45, 7) is 0.240. The van der Waals surface area contributed by atoms with Crippen molar-refractivity contribution in [2.75, 3.05) is 13.2 Å². The van der Waals surface area contributed by atoms with Gasteiger partial charge in [0, 0.05) is 36.1 Å². The molecule has 4 heterocycles. The third-order valence-corrected chi connectivity index (χ3v) is 6.23. The Balaban J connectivity index is 1.52. The summed E-state index contributed by atoms with van der Waals surface area (Å²) in [4.78, 5) is 17.3. The van der Waals surface area contributed by atoms with Crippen molar-refractivity contribution in [3.8, 4) is 28.5 Å². The topological polar surface area (TPSA) is 117 Å². The minimum atomic E-state index is -0.775. The number of nitrogens with one attached hydrogen (secondary N) is 1. The maximum Gasteiger partial charge on any atom is 0.251 e. The normalized spacial score (nSPS) is 17.8. The molecule has 3 aromatic heterocycles.